The third kappa shape index (κ3) is 1.13. The molecule has 1 aromatic rings. The molecule has 0 radical (unpaired) electrons. The van der Waals surface area contributed by atoms with E-state index < -0.39 is 0 Å². The monoisotopic (exact) mass is 267 g/mol. The predicted octanol–water partition coefficient (Wildman–Crippen LogP) is 4.16. The van der Waals surface area contributed by atoms with Crippen LogP contribution in [0, 0.1) is 28.6 Å². The Hall–Kier alpha value is -0.820. The van der Waals surface area contributed by atoms with Gasteiger partial charge in [0.1, 0.15) is 0 Å². The summed E-state index contributed by atoms with van der Waals surface area (Å²) in [6.45, 7) is 4.92. The first-order chi connectivity index (χ1) is 9.64. The van der Waals surface area contributed by atoms with Gasteiger partial charge in [-0.25, -0.2) is 0 Å². The smallest absolute Gasteiger partial charge is 0.0294 e. The maximum Gasteiger partial charge on any atom is 0.0294 e. The first-order valence-electron chi connectivity index (χ1n) is 8.45. The van der Waals surface area contributed by atoms with E-state index in [1.165, 1.54) is 24.8 Å². The van der Waals surface area contributed by atoms with Gasteiger partial charge in [0.15, 0.2) is 0 Å². The van der Waals surface area contributed by atoms with E-state index in [-0.39, 0.29) is 0 Å². The summed E-state index contributed by atoms with van der Waals surface area (Å²) in [4.78, 5) is 0. The zero-order valence-corrected chi connectivity index (χ0v) is 12.6. The lowest BCUT2D eigenvalue weighted by Crippen LogP contribution is -2.70. The molecular formula is C19H25N. The van der Waals surface area contributed by atoms with Crippen LogP contribution >= 0.6 is 0 Å². The standard InChI is InChI=1S/C19H25N/c1-12(13-6-4-3-5-7-13)20-17-14-8-15-10-18(2)11-16(17)19(15,18)9-14/h3-7,12,14-17,20H,8-11H2,1-2H3/t12-,14?,15?,16?,17-,18?,19?/m0/s1. The molecule has 0 saturated heterocycles. The molecule has 1 nitrogen and oxygen atoms in total. The first-order valence-corrected chi connectivity index (χ1v) is 8.45. The summed E-state index contributed by atoms with van der Waals surface area (Å²) >= 11 is 0. The molecule has 1 spiro atoms. The molecule has 0 heterocycles. The molecule has 1 aromatic carbocycles. The van der Waals surface area contributed by atoms with Crippen molar-refractivity contribution in [3.8, 4) is 0 Å². The number of hydrogen-bond donors (Lipinski definition) is 1. The van der Waals surface area contributed by atoms with Crippen LogP contribution in [-0.2, 0) is 0 Å². The Morgan fingerprint density at radius 3 is 2.65 bits per heavy atom. The van der Waals surface area contributed by atoms with E-state index in [0.717, 1.165) is 34.6 Å². The number of nitrogens with one attached hydrogen (secondary N) is 1. The summed E-state index contributed by atoms with van der Waals surface area (Å²) in [6, 6.07) is 12.3. The lowest BCUT2D eigenvalue weighted by Gasteiger charge is -2.74. The lowest BCUT2D eigenvalue weighted by molar-refractivity contribution is -0.256. The van der Waals surface area contributed by atoms with Gasteiger partial charge in [0.2, 0.25) is 0 Å². The molecule has 1 N–H and O–H groups in total. The third-order valence-electron chi connectivity index (χ3n) is 7.75. The maximum atomic E-state index is 4.01. The average molecular weight is 267 g/mol. The molecule has 4 aliphatic carbocycles. The van der Waals surface area contributed by atoms with Gasteiger partial charge in [-0.3, -0.25) is 0 Å². The zero-order valence-electron chi connectivity index (χ0n) is 12.6. The minimum Gasteiger partial charge on any atom is -0.307 e. The Morgan fingerprint density at radius 1 is 1.15 bits per heavy atom. The van der Waals surface area contributed by atoms with Crippen molar-refractivity contribution in [1.29, 1.82) is 0 Å². The lowest BCUT2D eigenvalue weighted by atomic mass is 9.30. The molecule has 7 atom stereocenters. The summed E-state index contributed by atoms with van der Waals surface area (Å²) in [5, 5.41) is 4.01. The minimum absolute atomic E-state index is 0.502. The summed E-state index contributed by atoms with van der Waals surface area (Å²) in [5.74, 6) is 3.07. The summed E-state index contributed by atoms with van der Waals surface area (Å²) < 4.78 is 0. The molecule has 1 heteroatoms. The highest BCUT2D eigenvalue weighted by molar-refractivity contribution is 5.31. The van der Waals surface area contributed by atoms with Crippen molar-refractivity contribution in [2.75, 3.05) is 0 Å². The molecule has 0 aromatic heterocycles. The molecule has 5 unspecified atom stereocenters. The van der Waals surface area contributed by atoms with Gasteiger partial charge in [-0.1, -0.05) is 37.3 Å². The third-order valence-corrected chi connectivity index (χ3v) is 7.75. The van der Waals surface area contributed by atoms with Crippen LogP contribution in [0.4, 0.5) is 0 Å². The van der Waals surface area contributed by atoms with Crippen LogP contribution in [0.15, 0.2) is 30.3 Å². The summed E-state index contributed by atoms with van der Waals surface area (Å²) in [7, 11) is 0. The van der Waals surface area contributed by atoms with Gasteiger partial charge in [-0.2, -0.15) is 0 Å². The normalized spacial score (nSPS) is 52.1. The molecule has 5 rings (SSSR count). The van der Waals surface area contributed by atoms with Crippen molar-refractivity contribution in [2.24, 2.45) is 28.6 Å². The van der Waals surface area contributed by atoms with E-state index in [1.54, 1.807) is 6.42 Å². The van der Waals surface area contributed by atoms with E-state index in [2.05, 4.69) is 49.5 Å². The van der Waals surface area contributed by atoms with Crippen LogP contribution in [-0.4, -0.2) is 6.04 Å². The van der Waals surface area contributed by atoms with E-state index >= 15 is 0 Å². The quantitative estimate of drug-likeness (QED) is 0.867. The Labute approximate surface area is 122 Å². The van der Waals surface area contributed by atoms with Gasteiger partial charge in [0.05, 0.1) is 0 Å². The van der Waals surface area contributed by atoms with Crippen LogP contribution in [0.1, 0.15) is 51.1 Å². The fraction of sp³-hybridized carbons (Fsp3) is 0.684. The molecular weight excluding hydrogens is 242 g/mol. The zero-order chi connectivity index (χ0) is 13.5. The first kappa shape index (κ1) is 11.8. The van der Waals surface area contributed by atoms with E-state index in [0.29, 0.717) is 6.04 Å². The van der Waals surface area contributed by atoms with Crippen LogP contribution in [0.25, 0.3) is 0 Å². The Morgan fingerprint density at radius 2 is 1.95 bits per heavy atom. The Kier molecular flexibility index (Phi) is 2.06. The van der Waals surface area contributed by atoms with Crippen LogP contribution in [0.5, 0.6) is 0 Å². The summed E-state index contributed by atoms with van der Waals surface area (Å²) in [5.41, 5.74) is 2.97. The predicted molar refractivity (Wildman–Crippen MR) is 81.3 cm³/mol. The van der Waals surface area contributed by atoms with Gasteiger partial charge in [0.25, 0.3) is 0 Å². The van der Waals surface area contributed by atoms with Crippen molar-refractivity contribution in [3.63, 3.8) is 0 Å². The molecule has 0 aliphatic heterocycles. The Balaban J connectivity index is 1.38. The topological polar surface area (TPSA) is 12.0 Å². The van der Waals surface area contributed by atoms with Gasteiger partial charge >= 0.3 is 0 Å². The van der Waals surface area contributed by atoms with Crippen molar-refractivity contribution < 1.29 is 0 Å². The fourth-order valence-corrected chi connectivity index (χ4v) is 7.01. The van der Waals surface area contributed by atoms with E-state index in [1.807, 2.05) is 0 Å². The van der Waals surface area contributed by atoms with Gasteiger partial charge < -0.3 is 5.32 Å². The Bertz CT molecular complexity index is 552. The van der Waals surface area contributed by atoms with Crippen molar-refractivity contribution >= 4 is 0 Å². The number of hydrogen-bond acceptors (Lipinski definition) is 1. The fourth-order valence-electron chi connectivity index (χ4n) is 7.01. The summed E-state index contributed by atoms with van der Waals surface area (Å²) in [6.07, 6.45) is 6.10. The molecule has 4 saturated carbocycles. The highest BCUT2D eigenvalue weighted by Gasteiger charge is 2.81. The van der Waals surface area contributed by atoms with Crippen LogP contribution < -0.4 is 5.32 Å². The van der Waals surface area contributed by atoms with Crippen molar-refractivity contribution in [3.05, 3.63) is 35.9 Å². The van der Waals surface area contributed by atoms with Gasteiger partial charge in [-0.15, -0.1) is 0 Å². The second kappa shape index (κ2) is 3.50. The van der Waals surface area contributed by atoms with Gasteiger partial charge in [0, 0.05) is 12.1 Å². The van der Waals surface area contributed by atoms with E-state index in [4.69, 9.17) is 0 Å². The molecule has 20 heavy (non-hydrogen) atoms. The van der Waals surface area contributed by atoms with Gasteiger partial charge in [-0.05, 0) is 66.8 Å². The second-order valence-electron chi connectivity index (χ2n) is 8.34. The maximum absolute atomic E-state index is 4.01. The molecule has 4 fully saturated rings. The second-order valence-corrected chi connectivity index (χ2v) is 8.34. The van der Waals surface area contributed by atoms with Crippen LogP contribution in [0.3, 0.4) is 0 Å². The SMILES string of the molecule is C[C@H](N[C@H]1C2CC3CC4(C)CC1C34C2)c1ccccc1. The van der Waals surface area contributed by atoms with Crippen molar-refractivity contribution in [1.82, 2.24) is 5.32 Å². The number of rotatable bonds is 3. The number of fused-ring (bicyclic) bond motifs is 1. The molecule has 4 aliphatic rings. The highest BCUT2D eigenvalue weighted by Crippen LogP contribution is 2.86. The molecule has 0 amide bonds. The molecule has 106 valence electrons. The van der Waals surface area contributed by atoms with Crippen molar-refractivity contribution in [2.45, 2.75) is 51.6 Å². The highest BCUT2D eigenvalue weighted by atomic mass is 15.0. The van der Waals surface area contributed by atoms with E-state index in [9.17, 15) is 0 Å². The minimum atomic E-state index is 0.502. The molecule has 2 bridgehead atoms. The largest absolute Gasteiger partial charge is 0.307 e. The average Bonchev–Trinajstić information content (AvgIpc) is 2.95. The van der Waals surface area contributed by atoms with Crippen LogP contribution in [0.2, 0.25) is 0 Å². The number of benzene rings is 1.